The van der Waals surface area contributed by atoms with Crippen LogP contribution in [0.2, 0.25) is 10.0 Å². The summed E-state index contributed by atoms with van der Waals surface area (Å²) in [5.74, 6) is -0.858. The molecule has 2 amide bonds. The van der Waals surface area contributed by atoms with E-state index >= 15 is 0 Å². The molecule has 0 spiro atoms. The molecule has 1 unspecified atom stereocenters. The summed E-state index contributed by atoms with van der Waals surface area (Å²) in [7, 11) is -3.84. The molecule has 0 saturated carbocycles. The molecule has 0 heterocycles. The van der Waals surface area contributed by atoms with Gasteiger partial charge in [0.15, 0.2) is 0 Å². The zero-order chi connectivity index (χ0) is 27.9. The number of sulfonamides is 1. The number of anilines is 1. The molecule has 0 aliphatic heterocycles. The molecule has 1 N–H and O–H groups in total. The van der Waals surface area contributed by atoms with Crippen LogP contribution in [0.1, 0.15) is 25.0 Å². The SMILES string of the molecule is CC(C)NC(=O)C(Cc1ccccc1)N(Cc1ccc(Cl)cc1)C(=O)CN(c1ccc(Cl)cc1)S(C)(=O)=O. The van der Waals surface area contributed by atoms with E-state index in [0.717, 1.165) is 21.7 Å². The molecule has 3 rings (SSSR count). The molecule has 7 nitrogen and oxygen atoms in total. The minimum atomic E-state index is -3.84. The van der Waals surface area contributed by atoms with Crippen LogP contribution in [-0.2, 0) is 32.6 Å². The van der Waals surface area contributed by atoms with Gasteiger partial charge in [-0.1, -0.05) is 65.7 Å². The molecule has 0 aliphatic rings. The molecule has 0 aliphatic carbocycles. The molecule has 0 radical (unpaired) electrons. The van der Waals surface area contributed by atoms with Crippen LogP contribution < -0.4 is 9.62 Å². The number of halogens is 2. The van der Waals surface area contributed by atoms with Crippen LogP contribution >= 0.6 is 23.2 Å². The highest BCUT2D eigenvalue weighted by Gasteiger charge is 2.33. The van der Waals surface area contributed by atoms with Crippen LogP contribution in [0.5, 0.6) is 0 Å². The number of nitrogens with zero attached hydrogens (tertiary/aromatic N) is 2. The lowest BCUT2D eigenvalue weighted by Crippen LogP contribution is -2.54. The van der Waals surface area contributed by atoms with E-state index in [0.29, 0.717) is 15.7 Å². The lowest BCUT2D eigenvalue weighted by molar-refractivity contribution is -0.140. The molecular formula is C28H31Cl2N3O4S. The molecule has 0 saturated heterocycles. The van der Waals surface area contributed by atoms with Gasteiger partial charge in [-0.25, -0.2) is 8.42 Å². The Labute approximate surface area is 234 Å². The van der Waals surface area contributed by atoms with E-state index in [-0.39, 0.29) is 24.9 Å². The summed E-state index contributed by atoms with van der Waals surface area (Å²) >= 11 is 12.0. The monoisotopic (exact) mass is 575 g/mol. The first-order valence-electron chi connectivity index (χ1n) is 12.1. The van der Waals surface area contributed by atoms with E-state index in [1.54, 1.807) is 36.4 Å². The van der Waals surface area contributed by atoms with Gasteiger partial charge in [-0.2, -0.15) is 0 Å². The van der Waals surface area contributed by atoms with Gasteiger partial charge in [0.1, 0.15) is 12.6 Å². The van der Waals surface area contributed by atoms with E-state index in [1.165, 1.54) is 17.0 Å². The number of amides is 2. The number of benzene rings is 3. The predicted molar refractivity (Wildman–Crippen MR) is 153 cm³/mol. The molecule has 1 atom stereocenters. The molecule has 3 aromatic rings. The van der Waals surface area contributed by atoms with Crippen molar-refractivity contribution < 1.29 is 18.0 Å². The van der Waals surface area contributed by atoms with E-state index in [1.807, 2.05) is 44.2 Å². The van der Waals surface area contributed by atoms with Crippen molar-refractivity contribution in [1.82, 2.24) is 10.2 Å². The fraction of sp³-hybridized carbons (Fsp3) is 0.286. The fourth-order valence-electron chi connectivity index (χ4n) is 3.94. The summed E-state index contributed by atoms with van der Waals surface area (Å²) in [6.45, 7) is 3.27. The Morgan fingerprint density at radius 2 is 1.39 bits per heavy atom. The predicted octanol–water partition coefficient (Wildman–Crippen LogP) is 4.92. The average molecular weight is 577 g/mol. The summed E-state index contributed by atoms with van der Waals surface area (Å²) in [5.41, 5.74) is 1.90. The second-order valence-electron chi connectivity index (χ2n) is 9.26. The van der Waals surface area contributed by atoms with Crippen molar-refractivity contribution in [3.8, 4) is 0 Å². The molecular weight excluding hydrogens is 545 g/mol. The Kier molecular flexibility index (Phi) is 10.2. The standard InChI is InChI=1S/C28H31Cl2N3O4S/c1-20(2)31-28(35)26(17-21-7-5-4-6-8-21)32(18-22-9-11-23(29)12-10-22)27(34)19-33(38(3,36)37)25-15-13-24(30)14-16-25/h4-16,20,26H,17-19H2,1-3H3,(H,31,35). The third kappa shape index (κ3) is 8.48. The Bertz CT molecular complexity index is 1330. The third-order valence-electron chi connectivity index (χ3n) is 5.76. The molecule has 10 heteroatoms. The maximum absolute atomic E-state index is 13.9. The first-order valence-corrected chi connectivity index (χ1v) is 14.7. The van der Waals surface area contributed by atoms with Crippen molar-refractivity contribution in [2.24, 2.45) is 0 Å². The largest absolute Gasteiger partial charge is 0.352 e. The van der Waals surface area contributed by atoms with Gasteiger partial charge in [0, 0.05) is 29.1 Å². The second-order valence-corrected chi connectivity index (χ2v) is 12.0. The Balaban J connectivity index is 2.04. The van der Waals surface area contributed by atoms with E-state index in [2.05, 4.69) is 5.32 Å². The van der Waals surface area contributed by atoms with Gasteiger partial charge >= 0.3 is 0 Å². The van der Waals surface area contributed by atoms with Crippen LogP contribution in [-0.4, -0.2) is 50.0 Å². The fourth-order valence-corrected chi connectivity index (χ4v) is 5.04. The molecule has 3 aromatic carbocycles. The summed E-state index contributed by atoms with van der Waals surface area (Å²) in [5, 5.41) is 3.89. The summed E-state index contributed by atoms with van der Waals surface area (Å²) in [6, 6.07) is 21.5. The minimum absolute atomic E-state index is 0.0806. The first kappa shape index (κ1) is 29.5. The molecule has 202 valence electrons. The first-order chi connectivity index (χ1) is 17.9. The highest BCUT2D eigenvalue weighted by atomic mass is 35.5. The minimum Gasteiger partial charge on any atom is -0.352 e. The van der Waals surface area contributed by atoms with Crippen molar-refractivity contribution in [1.29, 1.82) is 0 Å². The van der Waals surface area contributed by atoms with E-state index in [9.17, 15) is 18.0 Å². The smallest absolute Gasteiger partial charge is 0.244 e. The average Bonchev–Trinajstić information content (AvgIpc) is 2.86. The van der Waals surface area contributed by atoms with Crippen LogP contribution in [0, 0.1) is 0 Å². The molecule has 0 bridgehead atoms. The maximum Gasteiger partial charge on any atom is 0.244 e. The lowest BCUT2D eigenvalue weighted by atomic mass is 10.0. The number of carbonyl (C=O) groups excluding carboxylic acids is 2. The van der Waals surface area contributed by atoms with Gasteiger partial charge < -0.3 is 10.2 Å². The van der Waals surface area contributed by atoms with Gasteiger partial charge in [0.25, 0.3) is 0 Å². The van der Waals surface area contributed by atoms with Gasteiger partial charge in [0.2, 0.25) is 21.8 Å². The van der Waals surface area contributed by atoms with Gasteiger partial charge in [-0.15, -0.1) is 0 Å². The second kappa shape index (κ2) is 13.1. The summed E-state index contributed by atoms with van der Waals surface area (Å²) < 4.78 is 26.5. The van der Waals surface area contributed by atoms with Gasteiger partial charge in [-0.3, -0.25) is 13.9 Å². The third-order valence-corrected chi connectivity index (χ3v) is 7.41. The van der Waals surface area contributed by atoms with Crippen LogP contribution in [0.15, 0.2) is 78.9 Å². The zero-order valence-electron chi connectivity index (χ0n) is 21.5. The van der Waals surface area contributed by atoms with Crippen LogP contribution in [0.4, 0.5) is 5.69 Å². The van der Waals surface area contributed by atoms with Crippen molar-refractivity contribution in [3.63, 3.8) is 0 Å². The number of rotatable bonds is 11. The number of hydrogen-bond acceptors (Lipinski definition) is 4. The lowest BCUT2D eigenvalue weighted by Gasteiger charge is -2.34. The van der Waals surface area contributed by atoms with Crippen LogP contribution in [0.25, 0.3) is 0 Å². The van der Waals surface area contributed by atoms with Crippen molar-refractivity contribution >= 4 is 50.7 Å². The van der Waals surface area contributed by atoms with Crippen molar-refractivity contribution in [2.75, 3.05) is 17.1 Å². The molecule has 0 fully saturated rings. The highest BCUT2D eigenvalue weighted by Crippen LogP contribution is 2.22. The zero-order valence-corrected chi connectivity index (χ0v) is 23.8. The number of nitrogens with one attached hydrogen (secondary N) is 1. The maximum atomic E-state index is 13.9. The van der Waals surface area contributed by atoms with Crippen molar-refractivity contribution in [3.05, 3.63) is 100 Å². The topological polar surface area (TPSA) is 86.8 Å². The van der Waals surface area contributed by atoms with E-state index < -0.39 is 28.5 Å². The Morgan fingerprint density at radius 1 is 0.842 bits per heavy atom. The summed E-state index contributed by atoms with van der Waals surface area (Å²) in [4.78, 5) is 28.8. The highest BCUT2D eigenvalue weighted by molar-refractivity contribution is 7.92. The molecule has 0 aromatic heterocycles. The molecule has 38 heavy (non-hydrogen) atoms. The number of hydrogen-bond donors (Lipinski definition) is 1. The van der Waals surface area contributed by atoms with Gasteiger partial charge in [0.05, 0.1) is 11.9 Å². The van der Waals surface area contributed by atoms with Crippen LogP contribution in [0.3, 0.4) is 0 Å². The van der Waals surface area contributed by atoms with E-state index in [4.69, 9.17) is 23.2 Å². The summed E-state index contributed by atoms with van der Waals surface area (Å²) in [6.07, 6.45) is 1.28. The quantitative estimate of drug-likeness (QED) is 0.351. The van der Waals surface area contributed by atoms with Gasteiger partial charge in [-0.05, 0) is 61.4 Å². The normalized spacial score (nSPS) is 12.2. The number of carbonyl (C=O) groups is 2. The Morgan fingerprint density at radius 3 is 1.92 bits per heavy atom. The Hall–Kier alpha value is -3.07. The van der Waals surface area contributed by atoms with Crippen molar-refractivity contribution in [2.45, 2.75) is 38.9 Å².